The van der Waals surface area contributed by atoms with E-state index in [9.17, 15) is 0 Å². The molecule has 0 N–H and O–H groups in total. The number of aryl methyl sites for hydroxylation is 2. The molecule has 2 aromatic rings. The molecule has 0 spiro atoms. The van der Waals surface area contributed by atoms with Crippen LogP contribution in [0.2, 0.25) is 19.6 Å². The van der Waals surface area contributed by atoms with Gasteiger partial charge in [-0.1, -0.05) is 37.0 Å². The first kappa shape index (κ1) is 10.9. The van der Waals surface area contributed by atoms with E-state index in [0.29, 0.717) is 0 Å². The normalized spacial score (nSPS) is 12.3. The molecule has 1 aromatic heterocycles. The van der Waals surface area contributed by atoms with E-state index in [1.54, 1.807) is 10.6 Å². The van der Waals surface area contributed by atoms with Gasteiger partial charge in [0.15, 0.2) is 0 Å². The van der Waals surface area contributed by atoms with Gasteiger partial charge in [-0.05, 0) is 30.9 Å². The maximum atomic E-state index is 2.42. The lowest BCUT2D eigenvalue weighted by atomic mass is 10.1. The monoisotopic (exact) mass is 234 g/mol. The van der Waals surface area contributed by atoms with Gasteiger partial charge < -0.3 is 0 Å². The Kier molecular flexibility index (Phi) is 2.51. The number of hydrogen-bond acceptors (Lipinski definition) is 1. The van der Waals surface area contributed by atoms with Crippen LogP contribution >= 0.6 is 11.3 Å². The Balaban J connectivity index is 2.86. The predicted molar refractivity (Wildman–Crippen MR) is 74.3 cm³/mol. The molecule has 0 saturated heterocycles. The number of hydrogen-bond donors (Lipinski definition) is 0. The zero-order valence-corrected chi connectivity index (χ0v) is 12.0. The largest absolute Gasteiger partial charge is 0.140 e. The van der Waals surface area contributed by atoms with Crippen molar-refractivity contribution < 1.29 is 0 Å². The highest BCUT2D eigenvalue weighted by atomic mass is 32.1. The minimum absolute atomic E-state index is 1.21. The Morgan fingerprint density at radius 2 is 1.73 bits per heavy atom. The van der Waals surface area contributed by atoms with E-state index in [2.05, 4.69) is 51.7 Å². The van der Waals surface area contributed by atoms with E-state index >= 15 is 0 Å². The lowest BCUT2D eigenvalue weighted by Crippen LogP contribution is -2.38. The Bertz CT molecular complexity index is 503. The van der Waals surface area contributed by atoms with E-state index in [4.69, 9.17) is 0 Å². The lowest BCUT2D eigenvalue weighted by molar-refractivity contribution is 1.47. The number of rotatable bonds is 1. The van der Waals surface area contributed by atoms with Crippen molar-refractivity contribution in [3.63, 3.8) is 0 Å². The Labute approximate surface area is 97.0 Å². The smallest absolute Gasteiger partial charge is 0.0784 e. The van der Waals surface area contributed by atoms with Gasteiger partial charge in [0.2, 0.25) is 0 Å². The van der Waals surface area contributed by atoms with Gasteiger partial charge in [-0.2, -0.15) is 0 Å². The minimum Gasteiger partial charge on any atom is -0.140 e. The van der Waals surface area contributed by atoms with Crippen LogP contribution in [0.4, 0.5) is 0 Å². The first-order chi connectivity index (χ1) is 6.91. The second-order valence-electron chi connectivity index (χ2n) is 5.21. The molecule has 0 atom stereocenters. The molecule has 0 saturated carbocycles. The van der Waals surface area contributed by atoms with Crippen LogP contribution in [-0.4, -0.2) is 8.07 Å². The molecule has 0 bridgehead atoms. The molecule has 0 radical (unpaired) electrons. The molecular weight excluding hydrogens is 216 g/mol. The summed E-state index contributed by atoms with van der Waals surface area (Å²) in [5.74, 6) is 0. The fraction of sp³-hybridized carbons (Fsp3) is 0.385. The van der Waals surface area contributed by atoms with Crippen molar-refractivity contribution in [2.24, 2.45) is 0 Å². The van der Waals surface area contributed by atoms with Crippen LogP contribution in [0.25, 0.3) is 10.1 Å². The van der Waals surface area contributed by atoms with Gasteiger partial charge in [-0.25, -0.2) is 0 Å². The van der Waals surface area contributed by atoms with Crippen LogP contribution in [0, 0.1) is 13.8 Å². The Hall–Kier alpha value is -0.603. The summed E-state index contributed by atoms with van der Waals surface area (Å²) in [5, 5.41) is 3.15. The summed E-state index contributed by atoms with van der Waals surface area (Å²) in [4.78, 5) is 1.47. The summed E-state index contributed by atoms with van der Waals surface area (Å²) in [7, 11) is -1.21. The zero-order chi connectivity index (χ0) is 11.2. The van der Waals surface area contributed by atoms with Gasteiger partial charge in [0.1, 0.15) is 0 Å². The third-order valence-electron chi connectivity index (χ3n) is 3.00. The van der Waals surface area contributed by atoms with Crippen molar-refractivity contribution in [3.8, 4) is 0 Å². The van der Waals surface area contributed by atoms with E-state index in [1.807, 2.05) is 11.3 Å². The van der Waals surface area contributed by atoms with Crippen LogP contribution in [0.15, 0.2) is 18.2 Å². The quantitative estimate of drug-likeness (QED) is 0.653. The molecule has 0 fully saturated rings. The second-order valence-corrected chi connectivity index (χ2v) is 11.5. The predicted octanol–water partition coefficient (Wildman–Crippen LogP) is 4.06. The van der Waals surface area contributed by atoms with Crippen molar-refractivity contribution in [2.75, 3.05) is 0 Å². The highest BCUT2D eigenvalue weighted by Crippen LogP contribution is 2.29. The van der Waals surface area contributed by atoms with Crippen LogP contribution in [0.1, 0.15) is 10.4 Å². The molecule has 15 heavy (non-hydrogen) atoms. The summed E-state index contributed by atoms with van der Waals surface area (Å²) in [6.45, 7) is 11.8. The molecular formula is C13H18SSi. The average molecular weight is 234 g/mol. The van der Waals surface area contributed by atoms with Gasteiger partial charge in [0.25, 0.3) is 0 Å². The van der Waals surface area contributed by atoms with Crippen LogP contribution in [-0.2, 0) is 0 Å². The molecule has 1 heterocycles. The summed E-state index contributed by atoms with van der Waals surface area (Å²) < 4.78 is 1.46. The number of thiophene rings is 1. The number of benzene rings is 1. The standard InChI is InChI=1S/C13H18SSi/c1-9-10(2)14-11-7-6-8-12(13(9)11)15(3,4)5/h6-8H,1-5H3. The SMILES string of the molecule is Cc1sc2cccc([Si](C)(C)C)c2c1C. The van der Waals surface area contributed by atoms with Crippen molar-refractivity contribution in [3.05, 3.63) is 28.6 Å². The molecule has 80 valence electrons. The molecule has 2 rings (SSSR count). The third-order valence-corrected chi connectivity index (χ3v) is 6.21. The van der Waals surface area contributed by atoms with Gasteiger partial charge in [-0.15, -0.1) is 11.3 Å². The van der Waals surface area contributed by atoms with Gasteiger partial charge in [0, 0.05) is 9.58 Å². The van der Waals surface area contributed by atoms with Gasteiger partial charge in [-0.3, -0.25) is 0 Å². The van der Waals surface area contributed by atoms with Gasteiger partial charge in [0.05, 0.1) is 8.07 Å². The molecule has 2 heteroatoms. The summed E-state index contributed by atoms with van der Waals surface area (Å²) in [5.41, 5.74) is 1.49. The maximum Gasteiger partial charge on any atom is 0.0784 e. The zero-order valence-electron chi connectivity index (χ0n) is 10.1. The van der Waals surface area contributed by atoms with E-state index < -0.39 is 8.07 Å². The average Bonchev–Trinajstić information content (AvgIpc) is 2.41. The number of fused-ring (bicyclic) bond motifs is 1. The summed E-state index contributed by atoms with van der Waals surface area (Å²) in [6.07, 6.45) is 0. The summed E-state index contributed by atoms with van der Waals surface area (Å²) >= 11 is 1.93. The highest BCUT2D eigenvalue weighted by Gasteiger charge is 2.21. The first-order valence-corrected chi connectivity index (χ1v) is 9.72. The fourth-order valence-corrected chi connectivity index (χ4v) is 4.90. The van der Waals surface area contributed by atoms with Crippen molar-refractivity contribution >= 4 is 34.7 Å². The Morgan fingerprint density at radius 1 is 1.07 bits per heavy atom. The van der Waals surface area contributed by atoms with Gasteiger partial charge >= 0.3 is 0 Å². The third kappa shape index (κ3) is 1.77. The maximum absolute atomic E-state index is 2.42. The molecule has 0 nitrogen and oxygen atoms in total. The Morgan fingerprint density at radius 3 is 2.33 bits per heavy atom. The summed E-state index contributed by atoms with van der Waals surface area (Å²) in [6, 6.07) is 6.79. The van der Waals surface area contributed by atoms with E-state index in [0.717, 1.165) is 0 Å². The van der Waals surface area contributed by atoms with Crippen molar-refractivity contribution in [1.29, 1.82) is 0 Å². The molecule has 0 aliphatic carbocycles. The first-order valence-electron chi connectivity index (χ1n) is 5.40. The fourth-order valence-electron chi connectivity index (χ4n) is 2.05. The molecule has 0 aliphatic rings. The molecule has 0 unspecified atom stereocenters. The highest BCUT2D eigenvalue weighted by molar-refractivity contribution is 7.19. The topological polar surface area (TPSA) is 0 Å². The van der Waals surface area contributed by atoms with Crippen molar-refractivity contribution in [2.45, 2.75) is 33.5 Å². The van der Waals surface area contributed by atoms with Crippen LogP contribution in [0.5, 0.6) is 0 Å². The van der Waals surface area contributed by atoms with Crippen LogP contribution in [0.3, 0.4) is 0 Å². The van der Waals surface area contributed by atoms with Crippen LogP contribution < -0.4 is 5.19 Å². The molecule has 1 aromatic carbocycles. The molecule has 0 amide bonds. The minimum atomic E-state index is -1.21. The second kappa shape index (κ2) is 3.46. The van der Waals surface area contributed by atoms with E-state index in [-0.39, 0.29) is 0 Å². The van der Waals surface area contributed by atoms with E-state index in [1.165, 1.54) is 15.1 Å². The lowest BCUT2D eigenvalue weighted by Gasteiger charge is -2.18. The van der Waals surface area contributed by atoms with Crippen molar-refractivity contribution in [1.82, 2.24) is 0 Å². The molecule has 0 aliphatic heterocycles.